The van der Waals surface area contributed by atoms with Gasteiger partial charge in [0.1, 0.15) is 0 Å². The molecule has 0 amide bonds. The van der Waals surface area contributed by atoms with Gasteiger partial charge < -0.3 is 5.32 Å². The predicted molar refractivity (Wildman–Crippen MR) is 66.4 cm³/mol. The Morgan fingerprint density at radius 3 is 2.56 bits per heavy atom. The van der Waals surface area contributed by atoms with Crippen LogP contribution in [0.4, 0.5) is 0 Å². The standard InChI is InChI=1S/C12H13Cl2NO/c1-15-7-12(4-5-12)11(16)8-2-3-9(13)10(14)6-8/h2-3,6,15H,4-5,7H2,1H3. The molecule has 4 heteroatoms. The fraction of sp³-hybridized carbons (Fsp3) is 0.417. The van der Waals surface area contributed by atoms with E-state index in [1.54, 1.807) is 18.2 Å². The highest BCUT2D eigenvalue weighted by Crippen LogP contribution is 2.47. The lowest BCUT2D eigenvalue weighted by molar-refractivity contribution is 0.0900. The molecule has 0 aromatic heterocycles. The second-order valence-electron chi connectivity index (χ2n) is 4.27. The number of hydrogen-bond donors (Lipinski definition) is 1. The fourth-order valence-electron chi connectivity index (χ4n) is 1.92. The number of Topliss-reactive ketones (excluding diaryl/α,β-unsaturated/α-hetero) is 1. The molecule has 0 radical (unpaired) electrons. The van der Waals surface area contributed by atoms with Crippen molar-refractivity contribution in [3.8, 4) is 0 Å². The number of carbonyl (C=O) groups excluding carboxylic acids is 1. The van der Waals surface area contributed by atoms with Crippen molar-refractivity contribution in [3.63, 3.8) is 0 Å². The smallest absolute Gasteiger partial charge is 0.170 e. The van der Waals surface area contributed by atoms with Crippen LogP contribution in [0, 0.1) is 5.41 Å². The second-order valence-corrected chi connectivity index (χ2v) is 5.08. The summed E-state index contributed by atoms with van der Waals surface area (Å²) in [7, 11) is 1.86. The Bertz CT molecular complexity index is 427. The highest BCUT2D eigenvalue weighted by atomic mass is 35.5. The molecule has 1 aliphatic rings. The summed E-state index contributed by atoms with van der Waals surface area (Å²) in [6, 6.07) is 5.07. The lowest BCUT2D eigenvalue weighted by Crippen LogP contribution is -2.27. The number of rotatable bonds is 4. The van der Waals surface area contributed by atoms with E-state index in [1.165, 1.54) is 0 Å². The molecule has 0 atom stereocenters. The molecule has 1 aromatic rings. The average Bonchev–Trinajstić information content (AvgIpc) is 3.03. The van der Waals surface area contributed by atoms with Gasteiger partial charge in [0.05, 0.1) is 10.0 Å². The predicted octanol–water partition coefficient (Wildman–Crippen LogP) is 3.18. The summed E-state index contributed by atoms with van der Waals surface area (Å²) in [5, 5.41) is 3.99. The zero-order chi connectivity index (χ0) is 11.8. The minimum absolute atomic E-state index is 0.167. The monoisotopic (exact) mass is 257 g/mol. The first-order chi connectivity index (χ1) is 7.59. The van der Waals surface area contributed by atoms with Gasteiger partial charge in [-0.1, -0.05) is 23.2 Å². The summed E-state index contributed by atoms with van der Waals surface area (Å²) in [6.45, 7) is 0.728. The first-order valence-electron chi connectivity index (χ1n) is 5.23. The number of ketones is 1. The highest BCUT2D eigenvalue weighted by molar-refractivity contribution is 6.42. The molecule has 0 bridgehead atoms. The molecule has 0 spiro atoms. The third kappa shape index (κ3) is 2.10. The van der Waals surface area contributed by atoms with Crippen molar-refractivity contribution >= 4 is 29.0 Å². The molecule has 2 nitrogen and oxygen atoms in total. The van der Waals surface area contributed by atoms with Crippen LogP contribution in [0.5, 0.6) is 0 Å². The SMILES string of the molecule is CNCC1(C(=O)c2ccc(Cl)c(Cl)c2)CC1. The topological polar surface area (TPSA) is 29.1 Å². The summed E-state index contributed by atoms with van der Waals surface area (Å²) in [5.41, 5.74) is 0.452. The lowest BCUT2D eigenvalue weighted by Gasteiger charge is -2.13. The molecule has 1 fully saturated rings. The van der Waals surface area contributed by atoms with Crippen molar-refractivity contribution in [1.29, 1.82) is 0 Å². The van der Waals surface area contributed by atoms with E-state index < -0.39 is 0 Å². The van der Waals surface area contributed by atoms with Gasteiger partial charge in [-0.15, -0.1) is 0 Å². The zero-order valence-electron chi connectivity index (χ0n) is 9.02. The van der Waals surface area contributed by atoms with Gasteiger partial charge in [-0.05, 0) is 38.1 Å². The van der Waals surface area contributed by atoms with E-state index in [-0.39, 0.29) is 11.2 Å². The number of halogens is 2. The number of carbonyl (C=O) groups is 1. The van der Waals surface area contributed by atoms with E-state index in [9.17, 15) is 4.79 Å². The van der Waals surface area contributed by atoms with Crippen molar-refractivity contribution in [2.75, 3.05) is 13.6 Å². The Balaban J connectivity index is 2.24. The molecular weight excluding hydrogens is 245 g/mol. The van der Waals surface area contributed by atoms with Crippen LogP contribution in [0.25, 0.3) is 0 Å². The molecular formula is C12H13Cl2NO. The van der Waals surface area contributed by atoms with E-state index in [2.05, 4.69) is 5.32 Å². The van der Waals surface area contributed by atoms with Crippen LogP contribution in [-0.4, -0.2) is 19.4 Å². The highest BCUT2D eigenvalue weighted by Gasteiger charge is 2.49. The molecule has 0 unspecified atom stereocenters. The van der Waals surface area contributed by atoms with Crippen LogP contribution in [0.3, 0.4) is 0 Å². The second kappa shape index (κ2) is 4.36. The van der Waals surface area contributed by atoms with Gasteiger partial charge in [0.2, 0.25) is 0 Å². The summed E-state index contributed by atoms with van der Waals surface area (Å²) in [5.74, 6) is 0.167. The Morgan fingerprint density at radius 2 is 2.06 bits per heavy atom. The maximum atomic E-state index is 12.2. The minimum atomic E-state index is -0.202. The molecule has 0 saturated heterocycles. The van der Waals surface area contributed by atoms with E-state index in [4.69, 9.17) is 23.2 Å². The molecule has 1 aliphatic carbocycles. The fourth-order valence-corrected chi connectivity index (χ4v) is 2.22. The van der Waals surface area contributed by atoms with E-state index in [1.807, 2.05) is 7.05 Å². The van der Waals surface area contributed by atoms with Gasteiger partial charge in [-0.2, -0.15) is 0 Å². The van der Waals surface area contributed by atoms with E-state index >= 15 is 0 Å². The Labute approximate surface area is 105 Å². The van der Waals surface area contributed by atoms with Gasteiger partial charge in [-0.3, -0.25) is 4.79 Å². The molecule has 1 saturated carbocycles. The minimum Gasteiger partial charge on any atom is -0.319 e. The Morgan fingerprint density at radius 1 is 1.38 bits per heavy atom. The van der Waals surface area contributed by atoms with Crippen LogP contribution in [0.2, 0.25) is 10.0 Å². The average molecular weight is 258 g/mol. The molecule has 0 aliphatic heterocycles. The summed E-state index contributed by atoms with van der Waals surface area (Å²) in [6.07, 6.45) is 1.90. The van der Waals surface area contributed by atoms with Crippen molar-refractivity contribution in [1.82, 2.24) is 5.32 Å². The lowest BCUT2D eigenvalue weighted by atomic mass is 9.95. The quantitative estimate of drug-likeness (QED) is 0.840. The molecule has 1 aromatic carbocycles. The van der Waals surface area contributed by atoms with Crippen LogP contribution in [0.1, 0.15) is 23.2 Å². The first-order valence-corrected chi connectivity index (χ1v) is 5.99. The molecule has 16 heavy (non-hydrogen) atoms. The summed E-state index contributed by atoms with van der Waals surface area (Å²) >= 11 is 11.7. The first kappa shape index (κ1) is 11.9. The van der Waals surface area contributed by atoms with E-state index in [0.29, 0.717) is 15.6 Å². The van der Waals surface area contributed by atoms with Gasteiger partial charge in [-0.25, -0.2) is 0 Å². The largest absolute Gasteiger partial charge is 0.319 e. The van der Waals surface area contributed by atoms with Crippen molar-refractivity contribution < 1.29 is 4.79 Å². The van der Waals surface area contributed by atoms with Gasteiger partial charge >= 0.3 is 0 Å². The maximum absolute atomic E-state index is 12.2. The number of hydrogen-bond acceptors (Lipinski definition) is 2. The summed E-state index contributed by atoms with van der Waals surface area (Å²) in [4.78, 5) is 12.2. The molecule has 2 rings (SSSR count). The van der Waals surface area contributed by atoms with Gasteiger partial charge in [0.25, 0.3) is 0 Å². The van der Waals surface area contributed by atoms with E-state index in [0.717, 1.165) is 19.4 Å². The Kier molecular flexibility index (Phi) is 3.24. The number of benzene rings is 1. The van der Waals surface area contributed by atoms with Crippen LogP contribution >= 0.6 is 23.2 Å². The normalized spacial score (nSPS) is 17.2. The number of nitrogens with one attached hydrogen (secondary N) is 1. The Hall–Kier alpha value is -0.570. The van der Waals surface area contributed by atoms with Crippen LogP contribution < -0.4 is 5.32 Å². The van der Waals surface area contributed by atoms with Crippen molar-refractivity contribution in [2.45, 2.75) is 12.8 Å². The van der Waals surface area contributed by atoms with Crippen LogP contribution in [0.15, 0.2) is 18.2 Å². The van der Waals surface area contributed by atoms with Crippen molar-refractivity contribution in [2.24, 2.45) is 5.41 Å². The molecule has 0 heterocycles. The van der Waals surface area contributed by atoms with Gasteiger partial charge in [0.15, 0.2) is 5.78 Å². The van der Waals surface area contributed by atoms with Crippen molar-refractivity contribution in [3.05, 3.63) is 33.8 Å². The third-order valence-corrected chi connectivity index (χ3v) is 3.77. The summed E-state index contributed by atoms with van der Waals surface area (Å²) < 4.78 is 0. The van der Waals surface area contributed by atoms with Gasteiger partial charge in [0, 0.05) is 17.5 Å². The third-order valence-electron chi connectivity index (χ3n) is 3.03. The zero-order valence-corrected chi connectivity index (χ0v) is 10.5. The van der Waals surface area contributed by atoms with Crippen LogP contribution in [-0.2, 0) is 0 Å². The molecule has 86 valence electrons. The molecule has 1 N–H and O–H groups in total. The maximum Gasteiger partial charge on any atom is 0.170 e.